The number of hydrogen-bond acceptors (Lipinski definition) is 1. The lowest BCUT2D eigenvalue weighted by Crippen LogP contribution is -2.49. The van der Waals surface area contributed by atoms with Crippen LogP contribution in [0.25, 0.3) is 0 Å². The summed E-state index contributed by atoms with van der Waals surface area (Å²) in [6.45, 7) is 3.96. The monoisotopic (exact) mass is 182 g/mol. The van der Waals surface area contributed by atoms with Crippen molar-refractivity contribution in [2.75, 3.05) is 13.1 Å². The lowest BCUT2D eigenvalue weighted by molar-refractivity contribution is 0.113. The van der Waals surface area contributed by atoms with E-state index in [-0.39, 0.29) is 11.6 Å². The molecule has 0 bridgehead atoms. The van der Waals surface area contributed by atoms with Gasteiger partial charge in [0.05, 0.1) is 0 Å². The summed E-state index contributed by atoms with van der Waals surface area (Å²) in [4.78, 5) is 13.5. The van der Waals surface area contributed by atoms with Gasteiger partial charge in [-0.15, -0.1) is 0 Å². The van der Waals surface area contributed by atoms with Gasteiger partial charge in [-0.05, 0) is 19.8 Å². The Morgan fingerprint density at radius 3 is 2.54 bits per heavy atom. The van der Waals surface area contributed by atoms with Gasteiger partial charge in [-0.2, -0.15) is 0 Å². The maximum atomic E-state index is 11.5. The third-order valence-electron chi connectivity index (χ3n) is 3.44. The van der Waals surface area contributed by atoms with E-state index in [1.165, 1.54) is 32.1 Å². The Labute approximate surface area is 79.5 Å². The Bertz CT molecular complexity index is 209. The standard InChI is InChI=1S/C10H18N2O/c1-10(5-3-2-4-6-10)12-8-7-11-9(12)13/h2-8H2,1H3,(H,11,13). The maximum absolute atomic E-state index is 11.5. The third-order valence-corrected chi connectivity index (χ3v) is 3.44. The third kappa shape index (κ3) is 1.52. The molecular formula is C10H18N2O. The molecule has 2 rings (SSSR count). The van der Waals surface area contributed by atoms with E-state index in [0.29, 0.717) is 0 Å². The minimum Gasteiger partial charge on any atom is -0.336 e. The van der Waals surface area contributed by atoms with Gasteiger partial charge in [0.25, 0.3) is 0 Å². The summed E-state index contributed by atoms with van der Waals surface area (Å²) in [5.41, 5.74) is 0.152. The van der Waals surface area contributed by atoms with Gasteiger partial charge in [0.1, 0.15) is 0 Å². The molecule has 74 valence electrons. The van der Waals surface area contributed by atoms with Gasteiger partial charge in [0, 0.05) is 18.6 Å². The van der Waals surface area contributed by atoms with Crippen LogP contribution in [0.4, 0.5) is 4.79 Å². The molecular weight excluding hydrogens is 164 g/mol. The molecule has 2 amide bonds. The molecule has 1 aliphatic heterocycles. The molecule has 1 heterocycles. The summed E-state index contributed by atoms with van der Waals surface area (Å²) < 4.78 is 0. The number of nitrogens with one attached hydrogen (secondary N) is 1. The van der Waals surface area contributed by atoms with Crippen molar-refractivity contribution in [1.29, 1.82) is 0 Å². The van der Waals surface area contributed by atoms with E-state index >= 15 is 0 Å². The van der Waals surface area contributed by atoms with Crippen LogP contribution >= 0.6 is 0 Å². The first-order valence-electron chi connectivity index (χ1n) is 5.28. The zero-order valence-corrected chi connectivity index (χ0v) is 8.31. The fraction of sp³-hybridized carbons (Fsp3) is 0.900. The molecule has 1 aliphatic carbocycles. The number of carbonyl (C=O) groups excluding carboxylic acids is 1. The molecule has 0 aromatic heterocycles. The van der Waals surface area contributed by atoms with Crippen molar-refractivity contribution in [2.45, 2.75) is 44.6 Å². The maximum Gasteiger partial charge on any atom is 0.317 e. The highest BCUT2D eigenvalue weighted by Gasteiger charge is 2.38. The highest BCUT2D eigenvalue weighted by Crippen LogP contribution is 2.33. The first kappa shape index (κ1) is 8.85. The molecule has 13 heavy (non-hydrogen) atoms. The molecule has 2 aliphatic rings. The number of urea groups is 1. The van der Waals surface area contributed by atoms with Crippen molar-refractivity contribution in [3.8, 4) is 0 Å². The van der Waals surface area contributed by atoms with E-state index in [1.807, 2.05) is 4.90 Å². The van der Waals surface area contributed by atoms with Gasteiger partial charge in [-0.3, -0.25) is 0 Å². The quantitative estimate of drug-likeness (QED) is 0.658. The van der Waals surface area contributed by atoms with Crippen LogP contribution in [-0.4, -0.2) is 29.6 Å². The molecule has 1 N–H and O–H groups in total. The van der Waals surface area contributed by atoms with Gasteiger partial charge in [0.2, 0.25) is 0 Å². The molecule has 2 fully saturated rings. The molecule has 0 spiro atoms. The Hall–Kier alpha value is -0.730. The van der Waals surface area contributed by atoms with E-state index in [1.54, 1.807) is 0 Å². The van der Waals surface area contributed by atoms with E-state index in [4.69, 9.17) is 0 Å². The normalized spacial score (nSPS) is 27.5. The van der Waals surface area contributed by atoms with Crippen LogP contribution < -0.4 is 5.32 Å². The van der Waals surface area contributed by atoms with Crippen LogP contribution in [0.2, 0.25) is 0 Å². The first-order valence-corrected chi connectivity index (χ1v) is 5.28. The molecule has 3 nitrogen and oxygen atoms in total. The van der Waals surface area contributed by atoms with Crippen molar-refractivity contribution < 1.29 is 4.79 Å². The van der Waals surface area contributed by atoms with Crippen LogP contribution in [0, 0.1) is 0 Å². The van der Waals surface area contributed by atoms with E-state index < -0.39 is 0 Å². The molecule has 0 aromatic carbocycles. The topological polar surface area (TPSA) is 32.3 Å². The largest absolute Gasteiger partial charge is 0.336 e. The zero-order chi connectivity index (χ0) is 9.31. The van der Waals surface area contributed by atoms with Crippen molar-refractivity contribution in [2.24, 2.45) is 0 Å². The zero-order valence-electron chi connectivity index (χ0n) is 8.31. The van der Waals surface area contributed by atoms with Gasteiger partial charge in [-0.1, -0.05) is 19.3 Å². The molecule has 0 radical (unpaired) electrons. The Balaban J connectivity index is 2.07. The molecule has 0 aromatic rings. The molecule has 1 saturated heterocycles. The first-order chi connectivity index (χ1) is 6.22. The number of hydrogen-bond donors (Lipinski definition) is 1. The van der Waals surface area contributed by atoms with Gasteiger partial charge in [-0.25, -0.2) is 4.79 Å². The summed E-state index contributed by atoms with van der Waals surface area (Å²) in [6.07, 6.45) is 6.26. The van der Waals surface area contributed by atoms with Crippen LogP contribution in [0.5, 0.6) is 0 Å². The Kier molecular flexibility index (Phi) is 2.18. The Morgan fingerprint density at radius 2 is 2.00 bits per heavy atom. The summed E-state index contributed by atoms with van der Waals surface area (Å²) in [6, 6.07) is 0.143. The lowest BCUT2D eigenvalue weighted by atomic mass is 9.82. The van der Waals surface area contributed by atoms with Crippen LogP contribution in [-0.2, 0) is 0 Å². The van der Waals surface area contributed by atoms with E-state index in [9.17, 15) is 4.79 Å². The van der Waals surface area contributed by atoms with Crippen LogP contribution in [0.1, 0.15) is 39.0 Å². The number of rotatable bonds is 1. The summed E-state index contributed by atoms with van der Waals surface area (Å²) in [5, 5.41) is 2.88. The van der Waals surface area contributed by atoms with Crippen molar-refractivity contribution in [1.82, 2.24) is 10.2 Å². The number of carbonyl (C=O) groups is 1. The van der Waals surface area contributed by atoms with Gasteiger partial charge < -0.3 is 10.2 Å². The number of amides is 2. The minimum absolute atomic E-state index is 0.143. The van der Waals surface area contributed by atoms with Crippen molar-refractivity contribution in [3.05, 3.63) is 0 Å². The Morgan fingerprint density at radius 1 is 1.31 bits per heavy atom. The van der Waals surface area contributed by atoms with Crippen molar-refractivity contribution >= 4 is 6.03 Å². The molecule has 3 heteroatoms. The van der Waals surface area contributed by atoms with Crippen LogP contribution in [0.3, 0.4) is 0 Å². The van der Waals surface area contributed by atoms with Crippen LogP contribution in [0.15, 0.2) is 0 Å². The SMILES string of the molecule is CC1(N2CCNC2=O)CCCCC1. The fourth-order valence-electron chi connectivity index (χ4n) is 2.57. The molecule has 0 unspecified atom stereocenters. The summed E-state index contributed by atoms with van der Waals surface area (Å²) in [7, 11) is 0. The molecule has 1 saturated carbocycles. The van der Waals surface area contributed by atoms with Gasteiger partial charge in [0.15, 0.2) is 0 Å². The second-order valence-electron chi connectivity index (χ2n) is 4.44. The summed E-state index contributed by atoms with van der Waals surface area (Å²) in [5.74, 6) is 0. The second-order valence-corrected chi connectivity index (χ2v) is 4.44. The average Bonchev–Trinajstić information content (AvgIpc) is 2.53. The second kappa shape index (κ2) is 3.20. The predicted molar refractivity (Wildman–Crippen MR) is 51.6 cm³/mol. The molecule has 0 atom stereocenters. The fourth-order valence-corrected chi connectivity index (χ4v) is 2.57. The smallest absolute Gasteiger partial charge is 0.317 e. The van der Waals surface area contributed by atoms with Gasteiger partial charge >= 0.3 is 6.03 Å². The van der Waals surface area contributed by atoms with E-state index in [0.717, 1.165) is 13.1 Å². The predicted octanol–water partition coefficient (Wildman–Crippen LogP) is 1.73. The average molecular weight is 182 g/mol. The number of nitrogens with zero attached hydrogens (tertiary/aromatic N) is 1. The summed E-state index contributed by atoms with van der Waals surface area (Å²) >= 11 is 0. The van der Waals surface area contributed by atoms with Crippen molar-refractivity contribution in [3.63, 3.8) is 0 Å². The highest BCUT2D eigenvalue weighted by molar-refractivity contribution is 5.77. The minimum atomic E-state index is 0.143. The lowest BCUT2D eigenvalue weighted by Gasteiger charge is -2.41. The van der Waals surface area contributed by atoms with E-state index in [2.05, 4.69) is 12.2 Å². The highest BCUT2D eigenvalue weighted by atomic mass is 16.2.